The third kappa shape index (κ3) is 7.30. The van der Waals surface area contributed by atoms with E-state index in [1.54, 1.807) is 0 Å². The summed E-state index contributed by atoms with van der Waals surface area (Å²) >= 11 is 6.65. The molecule has 2 unspecified atom stereocenters. The number of carbonyl (C=O) groups excluding carboxylic acids is 2. The molecule has 0 aliphatic rings. The maximum atomic E-state index is 12.0. The molecule has 0 spiro atoms. The van der Waals surface area contributed by atoms with Gasteiger partial charge in [0.15, 0.2) is 0 Å². The van der Waals surface area contributed by atoms with E-state index in [4.69, 9.17) is 9.47 Å². The van der Waals surface area contributed by atoms with E-state index >= 15 is 0 Å². The highest BCUT2D eigenvalue weighted by Crippen LogP contribution is 2.18. The number of benzene rings is 2. The minimum atomic E-state index is -0.465. The van der Waals surface area contributed by atoms with Gasteiger partial charge in [0, 0.05) is 0 Å². The number of hydrogen-bond acceptors (Lipinski definition) is 4. The Balaban J connectivity index is 1.67. The van der Waals surface area contributed by atoms with Crippen LogP contribution in [0.25, 0.3) is 0 Å². The molecule has 0 bridgehead atoms. The first kappa shape index (κ1) is 20.6. The molecule has 0 aliphatic carbocycles. The van der Waals surface area contributed by atoms with Gasteiger partial charge in [0.05, 0.1) is 0 Å². The topological polar surface area (TPSA) is 52.6 Å². The second kappa shape index (κ2) is 11.1. The molecule has 2 atom stereocenters. The number of carbonyl (C=O) groups is 2. The Morgan fingerprint density at radius 1 is 0.692 bits per heavy atom. The molecule has 0 N–H and O–H groups in total. The molecule has 0 aromatic heterocycles. The highest BCUT2D eigenvalue weighted by Gasteiger charge is 2.22. The van der Waals surface area contributed by atoms with Crippen molar-refractivity contribution in [2.45, 2.75) is 35.7 Å². The van der Waals surface area contributed by atoms with Gasteiger partial charge in [-0.3, -0.25) is 9.59 Å². The third-order valence-corrected chi connectivity index (χ3v) is 5.30. The van der Waals surface area contributed by atoms with Crippen molar-refractivity contribution in [1.82, 2.24) is 0 Å². The molecule has 2 aromatic rings. The SMILES string of the molecule is O=C(OCc1ccccc1)C(Br)CCC(Br)C(=O)OCc1ccccc1. The first-order valence-electron chi connectivity index (χ1n) is 8.25. The van der Waals surface area contributed by atoms with E-state index in [0.29, 0.717) is 12.8 Å². The highest BCUT2D eigenvalue weighted by atomic mass is 79.9. The summed E-state index contributed by atoms with van der Waals surface area (Å²) < 4.78 is 10.5. The average molecular weight is 484 g/mol. The zero-order valence-corrected chi connectivity index (χ0v) is 17.3. The Hall–Kier alpha value is -1.66. The van der Waals surface area contributed by atoms with E-state index in [2.05, 4.69) is 31.9 Å². The van der Waals surface area contributed by atoms with E-state index in [-0.39, 0.29) is 25.2 Å². The number of ether oxygens (including phenoxy) is 2. The van der Waals surface area contributed by atoms with Crippen LogP contribution in [0, 0.1) is 0 Å². The number of esters is 2. The van der Waals surface area contributed by atoms with Gasteiger partial charge in [0.25, 0.3) is 0 Å². The van der Waals surface area contributed by atoms with Crippen molar-refractivity contribution in [3.05, 3.63) is 71.8 Å². The van der Waals surface area contributed by atoms with Crippen molar-refractivity contribution in [2.24, 2.45) is 0 Å². The molecule has 2 rings (SSSR count). The van der Waals surface area contributed by atoms with Crippen molar-refractivity contribution >= 4 is 43.8 Å². The first-order chi connectivity index (χ1) is 12.6. The number of hydrogen-bond donors (Lipinski definition) is 0. The van der Waals surface area contributed by atoms with Crippen LogP contribution in [0.15, 0.2) is 60.7 Å². The smallest absolute Gasteiger partial charge is 0.320 e. The van der Waals surface area contributed by atoms with Gasteiger partial charge in [0.2, 0.25) is 0 Å². The molecule has 2 aromatic carbocycles. The molecule has 6 heteroatoms. The molecule has 0 amide bonds. The van der Waals surface area contributed by atoms with Gasteiger partial charge >= 0.3 is 11.9 Å². The van der Waals surface area contributed by atoms with Crippen LogP contribution in [-0.2, 0) is 32.3 Å². The average Bonchev–Trinajstić information content (AvgIpc) is 2.69. The monoisotopic (exact) mass is 482 g/mol. The first-order valence-corrected chi connectivity index (χ1v) is 10.1. The fourth-order valence-corrected chi connectivity index (χ4v) is 2.96. The van der Waals surface area contributed by atoms with E-state index in [1.807, 2.05) is 60.7 Å². The minimum absolute atomic E-state index is 0.235. The Morgan fingerprint density at radius 2 is 1.04 bits per heavy atom. The van der Waals surface area contributed by atoms with Gasteiger partial charge < -0.3 is 9.47 Å². The summed E-state index contributed by atoms with van der Waals surface area (Å²) in [5.74, 6) is -0.683. The van der Waals surface area contributed by atoms with Crippen LogP contribution in [0.1, 0.15) is 24.0 Å². The zero-order chi connectivity index (χ0) is 18.8. The molecule has 0 heterocycles. The second-order valence-corrected chi connectivity index (χ2v) is 7.91. The van der Waals surface area contributed by atoms with E-state index < -0.39 is 9.65 Å². The largest absolute Gasteiger partial charge is 0.460 e. The summed E-state index contributed by atoms with van der Waals surface area (Å²) in [5, 5.41) is 0. The fraction of sp³-hybridized carbons (Fsp3) is 0.300. The Bertz CT molecular complexity index is 630. The lowest BCUT2D eigenvalue weighted by Crippen LogP contribution is -2.22. The van der Waals surface area contributed by atoms with Crippen LogP contribution >= 0.6 is 31.9 Å². The summed E-state index contributed by atoms with van der Waals surface area (Å²) in [6, 6.07) is 19.0. The minimum Gasteiger partial charge on any atom is -0.460 e. The quantitative estimate of drug-likeness (QED) is 0.380. The molecule has 0 saturated carbocycles. The Labute approximate surface area is 170 Å². The summed E-state index contributed by atoms with van der Waals surface area (Å²) in [7, 11) is 0. The van der Waals surface area contributed by atoms with Crippen LogP contribution in [0.3, 0.4) is 0 Å². The number of alkyl halides is 2. The van der Waals surface area contributed by atoms with Crippen molar-refractivity contribution in [1.29, 1.82) is 0 Å². The van der Waals surface area contributed by atoms with E-state index in [1.165, 1.54) is 0 Å². The lowest BCUT2D eigenvalue weighted by Gasteiger charge is -2.13. The maximum Gasteiger partial charge on any atom is 0.320 e. The van der Waals surface area contributed by atoms with Gasteiger partial charge in [-0.2, -0.15) is 0 Å². The summed E-state index contributed by atoms with van der Waals surface area (Å²) in [6.45, 7) is 0.470. The second-order valence-electron chi connectivity index (χ2n) is 5.70. The lowest BCUT2D eigenvalue weighted by molar-refractivity contribution is -0.146. The molecule has 26 heavy (non-hydrogen) atoms. The molecular weight excluding hydrogens is 464 g/mol. The summed E-state index contributed by atoms with van der Waals surface area (Å²) in [4.78, 5) is 23.1. The molecule has 138 valence electrons. The van der Waals surface area contributed by atoms with E-state index in [0.717, 1.165) is 11.1 Å². The van der Waals surface area contributed by atoms with Crippen LogP contribution < -0.4 is 0 Å². The molecule has 0 fully saturated rings. The molecule has 4 nitrogen and oxygen atoms in total. The van der Waals surface area contributed by atoms with Crippen molar-refractivity contribution in [3.63, 3.8) is 0 Å². The Morgan fingerprint density at radius 3 is 1.38 bits per heavy atom. The van der Waals surface area contributed by atoms with Crippen molar-refractivity contribution < 1.29 is 19.1 Å². The molecule has 0 saturated heterocycles. The predicted molar refractivity (Wildman–Crippen MR) is 107 cm³/mol. The Kier molecular flexibility index (Phi) is 8.85. The maximum absolute atomic E-state index is 12.0. The zero-order valence-electron chi connectivity index (χ0n) is 14.1. The summed E-state index contributed by atoms with van der Waals surface area (Å²) in [6.07, 6.45) is 0.925. The van der Waals surface area contributed by atoms with Gasteiger partial charge in [0.1, 0.15) is 22.9 Å². The van der Waals surface area contributed by atoms with Crippen molar-refractivity contribution in [3.8, 4) is 0 Å². The number of rotatable bonds is 9. The van der Waals surface area contributed by atoms with Crippen molar-refractivity contribution in [2.75, 3.05) is 0 Å². The highest BCUT2D eigenvalue weighted by molar-refractivity contribution is 9.10. The molecule has 0 radical (unpaired) electrons. The molecular formula is C20H20Br2O4. The standard InChI is InChI=1S/C20H20Br2O4/c21-17(19(23)25-13-15-7-3-1-4-8-15)11-12-18(22)20(24)26-14-16-9-5-2-6-10-16/h1-10,17-18H,11-14H2. The van der Waals surface area contributed by atoms with Crippen LogP contribution in [0.4, 0.5) is 0 Å². The lowest BCUT2D eigenvalue weighted by atomic mass is 10.2. The van der Waals surface area contributed by atoms with Gasteiger partial charge in [-0.25, -0.2) is 0 Å². The molecule has 0 aliphatic heterocycles. The predicted octanol–water partition coefficient (Wildman–Crippen LogP) is 4.78. The van der Waals surface area contributed by atoms with Gasteiger partial charge in [-0.15, -0.1) is 0 Å². The van der Waals surface area contributed by atoms with Gasteiger partial charge in [-0.1, -0.05) is 92.5 Å². The fourth-order valence-electron chi connectivity index (χ4n) is 2.17. The van der Waals surface area contributed by atoms with Crippen LogP contribution in [0.2, 0.25) is 0 Å². The number of halogens is 2. The third-order valence-electron chi connectivity index (χ3n) is 3.63. The normalized spacial score (nSPS) is 12.8. The summed E-state index contributed by atoms with van der Waals surface area (Å²) in [5.41, 5.74) is 1.87. The van der Waals surface area contributed by atoms with E-state index in [9.17, 15) is 9.59 Å². The van der Waals surface area contributed by atoms with Crippen LogP contribution in [0.5, 0.6) is 0 Å². The van der Waals surface area contributed by atoms with Crippen LogP contribution in [-0.4, -0.2) is 21.6 Å². The van der Waals surface area contributed by atoms with Gasteiger partial charge in [-0.05, 0) is 24.0 Å².